The fourth-order valence-electron chi connectivity index (χ4n) is 3.59. The Bertz CT molecular complexity index is 1670. The van der Waals surface area contributed by atoms with Gasteiger partial charge in [0.2, 0.25) is 0 Å². The van der Waals surface area contributed by atoms with Crippen LogP contribution in [-0.2, 0) is 24.1 Å². The molecule has 0 spiro atoms. The number of pyridine rings is 2. The van der Waals surface area contributed by atoms with Gasteiger partial charge in [-0.3, -0.25) is 9.59 Å². The molecule has 7 nitrogen and oxygen atoms in total. The Balaban J connectivity index is 2.13. The summed E-state index contributed by atoms with van der Waals surface area (Å²) < 4.78 is 30.3. The van der Waals surface area contributed by atoms with Gasteiger partial charge in [0.25, 0.3) is 21.1 Å². The molecule has 0 bridgehead atoms. The van der Waals surface area contributed by atoms with Crippen LogP contribution in [0.25, 0.3) is 22.0 Å². The highest BCUT2D eigenvalue weighted by atomic mass is 35.5. The van der Waals surface area contributed by atoms with Crippen molar-refractivity contribution in [3.63, 3.8) is 0 Å². The molecule has 1 aromatic carbocycles. The van der Waals surface area contributed by atoms with E-state index in [-0.39, 0.29) is 26.5 Å². The molecule has 0 unspecified atom stereocenters. The van der Waals surface area contributed by atoms with Gasteiger partial charge in [-0.15, -0.1) is 6.42 Å². The quantitative estimate of drug-likeness (QED) is 0.434. The minimum absolute atomic E-state index is 0.00662. The first-order chi connectivity index (χ1) is 15.1. The van der Waals surface area contributed by atoms with Gasteiger partial charge in [-0.1, -0.05) is 35.2 Å². The highest BCUT2D eigenvalue weighted by molar-refractivity contribution is 7.90. The molecular formula is C23H18ClN3O4S. The number of aryl methyl sites for hydroxylation is 3. The van der Waals surface area contributed by atoms with Crippen LogP contribution in [0.5, 0.6) is 0 Å². The predicted octanol–water partition coefficient (Wildman–Crippen LogP) is 2.89. The van der Waals surface area contributed by atoms with E-state index < -0.39 is 15.6 Å². The molecule has 9 heteroatoms. The Kier molecular flexibility index (Phi) is 5.12. The number of nitrogens with zero attached hydrogens (tertiary/aromatic N) is 3. The van der Waals surface area contributed by atoms with Crippen LogP contribution in [0.15, 0.2) is 63.3 Å². The molecule has 0 amide bonds. The minimum Gasteiger partial charge on any atom is -0.317 e. The monoisotopic (exact) mass is 467 g/mol. The van der Waals surface area contributed by atoms with Crippen molar-refractivity contribution >= 4 is 32.5 Å². The summed E-state index contributed by atoms with van der Waals surface area (Å²) in [6, 6.07) is 8.99. The lowest BCUT2D eigenvalue weighted by Crippen LogP contribution is -2.23. The minimum atomic E-state index is -4.17. The number of benzene rings is 1. The second kappa shape index (κ2) is 7.55. The molecule has 0 saturated heterocycles. The lowest BCUT2D eigenvalue weighted by Gasteiger charge is -2.12. The molecule has 32 heavy (non-hydrogen) atoms. The molecule has 3 aromatic heterocycles. The van der Waals surface area contributed by atoms with E-state index >= 15 is 0 Å². The van der Waals surface area contributed by atoms with E-state index in [9.17, 15) is 18.0 Å². The number of terminal acetylenes is 1. The van der Waals surface area contributed by atoms with Crippen molar-refractivity contribution in [2.45, 2.75) is 11.8 Å². The van der Waals surface area contributed by atoms with Crippen LogP contribution in [0.2, 0.25) is 5.15 Å². The van der Waals surface area contributed by atoms with Gasteiger partial charge < -0.3 is 9.13 Å². The van der Waals surface area contributed by atoms with Gasteiger partial charge in [0.15, 0.2) is 0 Å². The second-order valence-electron chi connectivity index (χ2n) is 7.46. The summed E-state index contributed by atoms with van der Waals surface area (Å²) in [6.07, 6.45) is 8.67. The van der Waals surface area contributed by atoms with E-state index in [1.165, 1.54) is 52.8 Å². The molecular weight excluding hydrogens is 450 g/mol. The number of fused-ring (bicyclic) bond motifs is 1. The SMILES string of the molecule is C#Cc1cn(C)c(=O)cc1-c1cn(C)c(=O)c2c1cc(Cl)n2S(=O)(=O)c1ccc(C)cc1. The molecule has 0 fully saturated rings. The second-order valence-corrected chi connectivity index (χ2v) is 9.64. The van der Waals surface area contributed by atoms with Crippen molar-refractivity contribution in [3.8, 4) is 23.5 Å². The van der Waals surface area contributed by atoms with Gasteiger partial charge in [-0.2, -0.15) is 0 Å². The highest BCUT2D eigenvalue weighted by Crippen LogP contribution is 2.34. The molecule has 0 N–H and O–H groups in total. The zero-order valence-corrected chi connectivity index (χ0v) is 19.0. The Morgan fingerprint density at radius 2 is 1.62 bits per heavy atom. The van der Waals surface area contributed by atoms with E-state index in [2.05, 4.69) is 5.92 Å². The summed E-state index contributed by atoms with van der Waals surface area (Å²) in [5.74, 6) is 2.54. The number of rotatable bonds is 3. The fraction of sp³-hybridized carbons (Fsp3) is 0.130. The van der Waals surface area contributed by atoms with E-state index in [0.717, 1.165) is 9.54 Å². The first-order valence-electron chi connectivity index (χ1n) is 9.46. The molecule has 0 aliphatic rings. The van der Waals surface area contributed by atoms with Crippen molar-refractivity contribution in [1.82, 2.24) is 13.1 Å². The third-order valence-corrected chi connectivity index (χ3v) is 7.39. The summed E-state index contributed by atoms with van der Waals surface area (Å²) in [5, 5.41) is 0.120. The Labute approximate surface area is 189 Å². The van der Waals surface area contributed by atoms with Gasteiger partial charge in [-0.05, 0) is 25.1 Å². The maximum atomic E-state index is 13.4. The Hall–Kier alpha value is -3.54. The molecule has 0 aliphatic heterocycles. The van der Waals surface area contributed by atoms with E-state index in [4.69, 9.17) is 18.0 Å². The summed E-state index contributed by atoms with van der Waals surface area (Å²) in [4.78, 5) is 25.4. The average Bonchev–Trinajstić information content (AvgIpc) is 3.10. The fourth-order valence-corrected chi connectivity index (χ4v) is 5.45. The zero-order valence-electron chi connectivity index (χ0n) is 17.5. The van der Waals surface area contributed by atoms with Crippen LogP contribution in [0.4, 0.5) is 0 Å². The predicted molar refractivity (Wildman–Crippen MR) is 125 cm³/mol. The smallest absolute Gasteiger partial charge is 0.275 e. The molecule has 3 heterocycles. The maximum Gasteiger partial charge on any atom is 0.275 e. The molecule has 0 saturated carbocycles. The van der Waals surface area contributed by atoms with Gasteiger partial charge in [0, 0.05) is 54.6 Å². The third kappa shape index (κ3) is 3.27. The van der Waals surface area contributed by atoms with Crippen molar-refractivity contribution < 1.29 is 8.42 Å². The number of hydrogen-bond donors (Lipinski definition) is 0. The Morgan fingerprint density at radius 3 is 2.25 bits per heavy atom. The first-order valence-corrected chi connectivity index (χ1v) is 11.3. The topological polar surface area (TPSA) is 83.1 Å². The van der Waals surface area contributed by atoms with Gasteiger partial charge in [0.05, 0.1) is 4.90 Å². The standard InChI is InChI=1S/C23H18ClN3O4S/c1-5-15-12-25(3)21(28)11-17(15)19-13-26(4)23(29)22-18(19)10-20(24)27(22)32(30,31)16-8-6-14(2)7-9-16/h1,6-13H,2-4H3. The normalized spacial score (nSPS) is 11.6. The molecule has 162 valence electrons. The number of hydrogen-bond acceptors (Lipinski definition) is 4. The van der Waals surface area contributed by atoms with E-state index in [0.29, 0.717) is 16.7 Å². The van der Waals surface area contributed by atoms with Crippen LogP contribution in [-0.4, -0.2) is 21.5 Å². The summed E-state index contributed by atoms with van der Waals surface area (Å²) >= 11 is 6.38. The van der Waals surface area contributed by atoms with Crippen LogP contribution < -0.4 is 11.1 Å². The van der Waals surface area contributed by atoms with Gasteiger partial charge in [-0.25, -0.2) is 12.4 Å². The lowest BCUT2D eigenvalue weighted by atomic mass is 10.0. The summed E-state index contributed by atoms with van der Waals surface area (Å²) in [6.45, 7) is 1.84. The summed E-state index contributed by atoms with van der Waals surface area (Å²) in [5.41, 5.74) is 1.14. The zero-order chi connectivity index (χ0) is 23.4. The van der Waals surface area contributed by atoms with Gasteiger partial charge >= 0.3 is 0 Å². The van der Waals surface area contributed by atoms with Crippen LogP contribution in [0.3, 0.4) is 0 Å². The van der Waals surface area contributed by atoms with E-state index in [1.807, 2.05) is 6.92 Å². The molecule has 0 atom stereocenters. The number of halogens is 1. The van der Waals surface area contributed by atoms with Crippen molar-refractivity contribution in [2.24, 2.45) is 14.1 Å². The highest BCUT2D eigenvalue weighted by Gasteiger charge is 2.27. The van der Waals surface area contributed by atoms with Crippen LogP contribution in [0.1, 0.15) is 11.1 Å². The van der Waals surface area contributed by atoms with E-state index in [1.54, 1.807) is 19.2 Å². The van der Waals surface area contributed by atoms with Crippen LogP contribution in [0, 0.1) is 19.3 Å². The molecule has 0 aliphatic carbocycles. The van der Waals surface area contributed by atoms with Crippen molar-refractivity contribution in [3.05, 3.63) is 85.8 Å². The van der Waals surface area contributed by atoms with Gasteiger partial charge in [0.1, 0.15) is 10.7 Å². The Morgan fingerprint density at radius 1 is 0.969 bits per heavy atom. The number of aromatic nitrogens is 3. The lowest BCUT2D eigenvalue weighted by molar-refractivity contribution is 0.589. The molecule has 4 rings (SSSR count). The summed E-state index contributed by atoms with van der Waals surface area (Å²) in [7, 11) is -1.11. The van der Waals surface area contributed by atoms with Crippen molar-refractivity contribution in [1.29, 1.82) is 0 Å². The maximum absolute atomic E-state index is 13.4. The van der Waals surface area contributed by atoms with Crippen LogP contribution >= 0.6 is 11.6 Å². The molecule has 4 aromatic rings. The van der Waals surface area contributed by atoms with Crippen molar-refractivity contribution in [2.75, 3.05) is 0 Å². The third-order valence-electron chi connectivity index (χ3n) is 5.28. The average molecular weight is 468 g/mol. The molecule has 0 radical (unpaired) electrons. The largest absolute Gasteiger partial charge is 0.317 e. The first kappa shape index (κ1) is 21.7.